The molecule has 0 aliphatic rings. The Bertz CT molecular complexity index is 267. The lowest BCUT2D eigenvalue weighted by molar-refractivity contribution is -0.139. The highest BCUT2D eigenvalue weighted by molar-refractivity contribution is 8.00. The zero-order valence-electron chi connectivity index (χ0n) is 6.06. The van der Waals surface area contributed by atoms with Gasteiger partial charge in [0.1, 0.15) is 0 Å². The molecule has 0 aromatic heterocycles. The molecule has 1 aromatic carbocycles. The monoisotopic (exact) mass is 191 g/mol. The predicted molar refractivity (Wildman–Crippen MR) is 42.7 cm³/mol. The molecule has 1 radical (unpaired) electrons. The van der Waals surface area contributed by atoms with Crippen molar-refractivity contribution in [1.82, 2.24) is 0 Å². The summed E-state index contributed by atoms with van der Waals surface area (Å²) in [5, 5.41) is 0. The molecule has 0 bridgehead atoms. The summed E-state index contributed by atoms with van der Waals surface area (Å²) in [7, 11) is 0. The van der Waals surface area contributed by atoms with E-state index in [2.05, 4.69) is 6.26 Å². The molecule has 4 heteroatoms. The minimum atomic E-state index is -4.28. The van der Waals surface area contributed by atoms with Gasteiger partial charge in [-0.2, -0.15) is 13.2 Å². The molecule has 0 unspecified atom stereocenters. The van der Waals surface area contributed by atoms with Gasteiger partial charge in [0.2, 0.25) is 0 Å². The second kappa shape index (κ2) is 3.39. The third-order valence-electron chi connectivity index (χ3n) is 1.35. The molecule has 1 aromatic rings. The van der Waals surface area contributed by atoms with E-state index in [1.807, 2.05) is 0 Å². The van der Waals surface area contributed by atoms with Crippen molar-refractivity contribution in [2.45, 2.75) is 11.1 Å². The molecule has 1 rings (SSSR count). The summed E-state index contributed by atoms with van der Waals surface area (Å²) < 4.78 is 36.6. The molecule has 0 nitrogen and oxygen atoms in total. The summed E-state index contributed by atoms with van der Waals surface area (Å²) in [4.78, 5) is 0.157. The van der Waals surface area contributed by atoms with Gasteiger partial charge in [0.05, 0.1) is 5.56 Å². The van der Waals surface area contributed by atoms with Crippen LogP contribution in [-0.4, -0.2) is 0 Å². The highest BCUT2D eigenvalue weighted by atomic mass is 32.2. The molecule has 0 saturated heterocycles. The molecule has 0 aliphatic carbocycles. The van der Waals surface area contributed by atoms with Crippen LogP contribution in [0.4, 0.5) is 13.2 Å². The molecule has 0 spiro atoms. The number of hydrogen-bond donors (Lipinski definition) is 0. The third kappa shape index (κ3) is 1.94. The van der Waals surface area contributed by atoms with E-state index < -0.39 is 11.7 Å². The summed E-state index contributed by atoms with van der Waals surface area (Å²) in [5.74, 6) is 0. The van der Waals surface area contributed by atoms with Crippen molar-refractivity contribution >= 4 is 11.8 Å². The molecule has 12 heavy (non-hydrogen) atoms. The number of thioether (sulfide) groups is 1. The van der Waals surface area contributed by atoms with Crippen LogP contribution in [0, 0.1) is 6.26 Å². The van der Waals surface area contributed by atoms with Crippen molar-refractivity contribution in [2.24, 2.45) is 0 Å². The molecule has 0 N–H and O–H groups in total. The minimum Gasteiger partial charge on any atom is -0.166 e. The topological polar surface area (TPSA) is 0 Å². The van der Waals surface area contributed by atoms with E-state index in [4.69, 9.17) is 0 Å². The summed E-state index contributed by atoms with van der Waals surface area (Å²) in [6.45, 7) is 0. The van der Waals surface area contributed by atoms with Crippen LogP contribution in [0.5, 0.6) is 0 Å². The van der Waals surface area contributed by atoms with Gasteiger partial charge in [-0.3, -0.25) is 0 Å². The van der Waals surface area contributed by atoms with E-state index in [-0.39, 0.29) is 4.90 Å². The van der Waals surface area contributed by atoms with E-state index in [9.17, 15) is 13.2 Å². The molecule has 0 aliphatic heterocycles. The Hall–Kier alpha value is -0.640. The molecular formula is C8H6F3S. The molecule has 0 amide bonds. The van der Waals surface area contributed by atoms with Crippen LogP contribution in [-0.2, 0) is 6.18 Å². The number of hydrogen-bond acceptors (Lipinski definition) is 1. The van der Waals surface area contributed by atoms with Crippen LogP contribution < -0.4 is 0 Å². The second-order valence-corrected chi connectivity index (χ2v) is 2.87. The van der Waals surface area contributed by atoms with Gasteiger partial charge in [-0.25, -0.2) is 0 Å². The van der Waals surface area contributed by atoms with Crippen LogP contribution in [0.2, 0.25) is 0 Å². The van der Waals surface area contributed by atoms with Crippen molar-refractivity contribution in [3.63, 3.8) is 0 Å². The fourth-order valence-corrected chi connectivity index (χ4v) is 1.34. The smallest absolute Gasteiger partial charge is 0.166 e. The number of halogens is 3. The van der Waals surface area contributed by atoms with Gasteiger partial charge < -0.3 is 0 Å². The Morgan fingerprint density at radius 1 is 1.17 bits per heavy atom. The lowest BCUT2D eigenvalue weighted by Gasteiger charge is -2.09. The van der Waals surface area contributed by atoms with Crippen molar-refractivity contribution in [1.29, 1.82) is 0 Å². The summed E-state index contributed by atoms with van der Waals surface area (Å²) in [5.41, 5.74) is -0.620. The van der Waals surface area contributed by atoms with Crippen molar-refractivity contribution < 1.29 is 13.2 Å². The molecule has 65 valence electrons. The molecular weight excluding hydrogens is 185 g/mol. The van der Waals surface area contributed by atoms with E-state index in [0.29, 0.717) is 0 Å². The van der Waals surface area contributed by atoms with Crippen molar-refractivity contribution in [3.05, 3.63) is 36.1 Å². The highest BCUT2D eigenvalue weighted by Gasteiger charge is 2.32. The minimum absolute atomic E-state index is 0.157. The summed E-state index contributed by atoms with van der Waals surface area (Å²) in [6.07, 6.45) is -0.930. The fraction of sp³-hybridized carbons (Fsp3) is 0.125. The first kappa shape index (κ1) is 9.45. The van der Waals surface area contributed by atoms with E-state index in [1.54, 1.807) is 6.07 Å². The number of benzene rings is 1. The van der Waals surface area contributed by atoms with Crippen LogP contribution in [0.15, 0.2) is 29.2 Å². The molecule has 0 saturated carbocycles. The van der Waals surface area contributed by atoms with E-state index >= 15 is 0 Å². The first-order valence-corrected chi connectivity index (χ1v) is 4.12. The highest BCUT2D eigenvalue weighted by Crippen LogP contribution is 2.35. The number of rotatable bonds is 1. The van der Waals surface area contributed by atoms with E-state index in [1.165, 1.54) is 12.1 Å². The zero-order valence-corrected chi connectivity index (χ0v) is 6.88. The van der Waals surface area contributed by atoms with Gasteiger partial charge in [-0.15, -0.1) is 11.8 Å². The van der Waals surface area contributed by atoms with Gasteiger partial charge >= 0.3 is 6.18 Å². The first-order valence-electron chi connectivity index (χ1n) is 3.14. The lowest BCUT2D eigenvalue weighted by atomic mass is 10.2. The average molecular weight is 191 g/mol. The average Bonchev–Trinajstić information content (AvgIpc) is 2.03. The predicted octanol–water partition coefficient (Wildman–Crippen LogP) is 3.59. The van der Waals surface area contributed by atoms with Gasteiger partial charge in [0.15, 0.2) is 0 Å². The van der Waals surface area contributed by atoms with Crippen LogP contribution in [0.1, 0.15) is 5.56 Å². The summed E-state index contributed by atoms with van der Waals surface area (Å²) >= 11 is 0.852. The number of alkyl halides is 3. The standard InChI is InChI=1S/C8H6F3S/c1-12-7-5-3-2-4-6(7)8(9,10)11/h2-5H,1H2. The van der Waals surface area contributed by atoms with Gasteiger partial charge in [0.25, 0.3) is 0 Å². The third-order valence-corrected chi connectivity index (χ3v) is 2.01. The maximum atomic E-state index is 12.2. The van der Waals surface area contributed by atoms with Gasteiger partial charge in [0, 0.05) is 11.2 Å². The van der Waals surface area contributed by atoms with Crippen LogP contribution in [0.3, 0.4) is 0 Å². The van der Waals surface area contributed by atoms with Crippen molar-refractivity contribution in [3.8, 4) is 0 Å². The van der Waals surface area contributed by atoms with Crippen LogP contribution >= 0.6 is 11.8 Å². The summed E-state index contributed by atoms with van der Waals surface area (Å²) in [6, 6.07) is 5.37. The van der Waals surface area contributed by atoms with Crippen molar-refractivity contribution in [2.75, 3.05) is 0 Å². The Kier molecular flexibility index (Phi) is 2.67. The van der Waals surface area contributed by atoms with Gasteiger partial charge in [-0.05, 0) is 12.1 Å². The lowest BCUT2D eigenvalue weighted by Crippen LogP contribution is -2.05. The maximum Gasteiger partial charge on any atom is 0.417 e. The Balaban J connectivity index is 3.14. The molecule has 0 heterocycles. The van der Waals surface area contributed by atoms with Gasteiger partial charge in [-0.1, -0.05) is 12.1 Å². The Morgan fingerprint density at radius 2 is 1.75 bits per heavy atom. The zero-order chi connectivity index (χ0) is 9.19. The normalized spacial score (nSPS) is 11.7. The first-order chi connectivity index (χ1) is 5.55. The van der Waals surface area contributed by atoms with E-state index in [0.717, 1.165) is 17.8 Å². The molecule has 0 fully saturated rings. The SMILES string of the molecule is [CH2]Sc1ccccc1C(F)(F)F. The van der Waals surface area contributed by atoms with Crippen LogP contribution in [0.25, 0.3) is 0 Å². The Morgan fingerprint density at radius 3 is 2.17 bits per heavy atom. The second-order valence-electron chi connectivity index (χ2n) is 2.14. The Labute approximate surface area is 72.8 Å². The quantitative estimate of drug-likeness (QED) is 0.611. The fourth-order valence-electron chi connectivity index (χ4n) is 0.827. The maximum absolute atomic E-state index is 12.2. The molecule has 0 atom stereocenters. The largest absolute Gasteiger partial charge is 0.417 e.